The summed E-state index contributed by atoms with van der Waals surface area (Å²) >= 11 is 0. The third-order valence-electron chi connectivity index (χ3n) is 13.1. The van der Waals surface area contributed by atoms with Gasteiger partial charge in [0.15, 0.2) is 0 Å². The number of carbonyl (C=O) groups excluding carboxylic acids is 1. The number of rotatable bonds is 53. The zero-order valence-electron chi connectivity index (χ0n) is 45.1. The Balaban J connectivity index is 3.50. The van der Waals surface area contributed by atoms with Gasteiger partial charge in [-0.2, -0.15) is 0 Å². The van der Waals surface area contributed by atoms with Crippen molar-refractivity contribution in [3.05, 3.63) is 97.2 Å². The fraction of sp³-hybridized carbons (Fsp3) is 0.734. The van der Waals surface area contributed by atoms with E-state index in [4.69, 9.17) is 0 Å². The molecule has 0 aromatic rings. The first kappa shape index (κ1) is 65.3. The lowest BCUT2D eigenvalue weighted by atomic mass is 10.0. The van der Waals surface area contributed by atoms with Crippen molar-refractivity contribution >= 4 is 5.91 Å². The van der Waals surface area contributed by atoms with E-state index in [1.54, 1.807) is 6.08 Å². The van der Waals surface area contributed by atoms with Crippen LogP contribution in [-0.4, -0.2) is 34.9 Å². The van der Waals surface area contributed by atoms with Crippen molar-refractivity contribution in [2.45, 2.75) is 296 Å². The van der Waals surface area contributed by atoms with Gasteiger partial charge in [-0.1, -0.05) is 297 Å². The highest BCUT2D eigenvalue weighted by Crippen LogP contribution is 2.16. The predicted molar refractivity (Wildman–Crippen MR) is 303 cm³/mol. The number of hydrogen-bond acceptors (Lipinski definition) is 3. The Bertz CT molecular complexity index is 1250. The van der Waals surface area contributed by atoms with Gasteiger partial charge in [-0.15, -0.1) is 0 Å². The molecule has 0 aliphatic heterocycles. The van der Waals surface area contributed by atoms with Gasteiger partial charge in [-0.25, -0.2) is 0 Å². The molecule has 4 heteroatoms. The van der Waals surface area contributed by atoms with Crippen LogP contribution in [-0.2, 0) is 4.79 Å². The first-order valence-electron chi connectivity index (χ1n) is 29.5. The molecule has 0 rings (SSSR count). The van der Waals surface area contributed by atoms with Gasteiger partial charge in [0.2, 0.25) is 5.91 Å². The summed E-state index contributed by atoms with van der Waals surface area (Å²) in [7, 11) is 0. The molecule has 0 aliphatic carbocycles. The minimum atomic E-state index is -0.842. The molecular formula is C64H113NO3. The Morgan fingerprint density at radius 1 is 0.368 bits per heavy atom. The van der Waals surface area contributed by atoms with E-state index in [9.17, 15) is 15.0 Å². The molecule has 0 aromatic heterocycles. The van der Waals surface area contributed by atoms with Crippen LogP contribution in [0.2, 0.25) is 0 Å². The third-order valence-corrected chi connectivity index (χ3v) is 13.1. The summed E-state index contributed by atoms with van der Waals surface area (Å²) in [5, 5.41) is 23.2. The van der Waals surface area contributed by atoms with Crippen LogP contribution in [0.15, 0.2) is 97.2 Å². The van der Waals surface area contributed by atoms with Crippen molar-refractivity contribution in [3.63, 3.8) is 0 Å². The van der Waals surface area contributed by atoms with Gasteiger partial charge < -0.3 is 15.5 Å². The van der Waals surface area contributed by atoms with Gasteiger partial charge in [0, 0.05) is 6.42 Å². The standard InChI is InChI=1S/C64H113NO3/c1-3-5-7-9-11-13-15-17-19-21-22-23-24-25-26-27-28-29-30-31-32-33-34-35-36-37-38-39-40-41-42-44-46-48-50-52-54-56-58-60-64(68)65-62(61-66)63(67)59-57-55-53-51-49-47-45-43-20-18-16-14-12-10-8-6-4-2/h5,7,11,13,17,19,22-23,25-26,28-29,31-32,57,59,62-63,66-67H,3-4,6,8-10,12,14-16,18,20-21,24,27,30,33-56,58,60-61H2,1-2H3,(H,65,68)/b7-5-,13-11-,19-17-,23-22-,26-25-,29-28-,32-31-,59-57+. The van der Waals surface area contributed by atoms with Crippen LogP contribution in [0.3, 0.4) is 0 Å². The third kappa shape index (κ3) is 54.3. The highest BCUT2D eigenvalue weighted by atomic mass is 16.3. The number of amides is 1. The Morgan fingerprint density at radius 2 is 0.647 bits per heavy atom. The molecule has 1 amide bonds. The van der Waals surface area contributed by atoms with Crippen LogP contribution >= 0.6 is 0 Å². The largest absolute Gasteiger partial charge is 0.394 e. The minimum absolute atomic E-state index is 0.0637. The molecular weight excluding hydrogens is 831 g/mol. The summed E-state index contributed by atoms with van der Waals surface area (Å²) in [6.45, 7) is 4.21. The van der Waals surface area contributed by atoms with Crippen LogP contribution in [0.25, 0.3) is 0 Å². The second-order valence-electron chi connectivity index (χ2n) is 19.7. The van der Waals surface area contributed by atoms with Crippen molar-refractivity contribution in [2.24, 2.45) is 0 Å². The fourth-order valence-electron chi connectivity index (χ4n) is 8.63. The lowest BCUT2D eigenvalue weighted by Crippen LogP contribution is -2.45. The van der Waals surface area contributed by atoms with Gasteiger partial charge in [0.1, 0.15) is 0 Å². The topological polar surface area (TPSA) is 69.6 Å². The van der Waals surface area contributed by atoms with E-state index in [0.717, 1.165) is 70.6 Å². The van der Waals surface area contributed by atoms with E-state index in [1.807, 2.05) is 6.08 Å². The molecule has 0 aliphatic rings. The van der Waals surface area contributed by atoms with Gasteiger partial charge >= 0.3 is 0 Å². The molecule has 0 saturated heterocycles. The summed E-state index contributed by atoms with van der Waals surface area (Å²) in [6.07, 6.45) is 87.2. The highest BCUT2D eigenvalue weighted by molar-refractivity contribution is 5.76. The first-order chi connectivity index (χ1) is 33.7. The maximum atomic E-state index is 12.5. The van der Waals surface area contributed by atoms with E-state index < -0.39 is 12.1 Å². The summed E-state index contributed by atoms with van der Waals surface area (Å²) in [5.74, 6) is -0.0637. The molecule has 0 bridgehead atoms. The molecule has 0 spiro atoms. The maximum Gasteiger partial charge on any atom is 0.220 e. The van der Waals surface area contributed by atoms with Gasteiger partial charge in [0.05, 0.1) is 18.8 Å². The van der Waals surface area contributed by atoms with Crippen LogP contribution in [0, 0.1) is 0 Å². The predicted octanol–water partition coefficient (Wildman–Crippen LogP) is 19.7. The molecule has 0 aromatic carbocycles. The number of aliphatic hydroxyl groups is 2. The molecule has 2 unspecified atom stereocenters. The molecule has 0 fully saturated rings. The Labute approximate surface area is 424 Å². The van der Waals surface area contributed by atoms with E-state index in [2.05, 4.69) is 104 Å². The molecule has 68 heavy (non-hydrogen) atoms. The molecule has 4 nitrogen and oxygen atoms in total. The lowest BCUT2D eigenvalue weighted by Gasteiger charge is -2.20. The second kappa shape index (κ2) is 58.6. The molecule has 0 saturated carbocycles. The van der Waals surface area contributed by atoms with Gasteiger partial charge in [0.25, 0.3) is 0 Å². The van der Waals surface area contributed by atoms with Crippen molar-refractivity contribution in [1.29, 1.82) is 0 Å². The zero-order chi connectivity index (χ0) is 49.2. The quantitative estimate of drug-likeness (QED) is 0.0420. The zero-order valence-corrected chi connectivity index (χ0v) is 45.1. The van der Waals surface area contributed by atoms with E-state index in [-0.39, 0.29) is 12.5 Å². The smallest absolute Gasteiger partial charge is 0.220 e. The van der Waals surface area contributed by atoms with E-state index >= 15 is 0 Å². The summed E-state index contributed by atoms with van der Waals surface area (Å²) in [5.41, 5.74) is 0. The van der Waals surface area contributed by atoms with Gasteiger partial charge in [-0.05, 0) is 77.0 Å². The highest BCUT2D eigenvalue weighted by Gasteiger charge is 2.18. The Morgan fingerprint density at radius 3 is 0.971 bits per heavy atom. The van der Waals surface area contributed by atoms with Crippen LogP contribution < -0.4 is 5.32 Å². The number of unbranched alkanes of at least 4 members (excludes halogenated alkanes) is 32. The average molecular weight is 945 g/mol. The summed E-state index contributed by atoms with van der Waals surface area (Å²) in [6, 6.07) is -0.625. The lowest BCUT2D eigenvalue weighted by molar-refractivity contribution is -0.123. The van der Waals surface area contributed by atoms with Crippen molar-refractivity contribution in [2.75, 3.05) is 6.61 Å². The summed E-state index contributed by atoms with van der Waals surface area (Å²) < 4.78 is 0. The molecule has 0 radical (unpaired) electrons. The van der Waals surface area contributed by atoms with Crippen LogP contribution in [0.5, 0.6) is 0 Å². The van der Waals surface area contributed by atoms with Gasteiger partial charge in [-0.3, -0.25) is 4.79 Å². The fourth-order valence-corrected chi connectivity index (χ4v) is 8.63. The first-order valence-corrected chi connectivity index (χ1v) is 29.5. The maximum absolute atomic E-state index is 12.5. The number of nitrogens with one attached hydrogen (secondary N) is 1. The molecule has 2 atom stereocenters. The SMILES string of the molecule is CC/C=C\C/C=C\C/C=C\C/C=C\C/C=C\C/C=C\C/C=C\CCCCCCCCCCCCCCCCCCCC(=O)NC(CO)C(O)/C=C/CCCCCCCCCCCCCCCCC. The average Bonchev–Trinajstić information content (AvgIpc) is 3.34. The normalized spacial score (nSPS) is 13.5. The molecule has 392 valence electrons. The molecule has 3 N–H and O–H groups in total. The van der Waals surface area contributed by atoms with Crippen molar-refractivity contribution in [3.8, 4) is 0 Å². The number of hydrogen-bond donors (Lipinski definition) is 3. The number of carbonyl (C=O) groups is 1. The number of aliphatic hydroxyl groups excluding tert-OH is 2. The minimum Gasteiger partial charge on any atom is -0.394 e. The summed E-state index contributed by atoms with van der Waals surface area (Å²) in [4.78, 5) is 12.5. The van der Waals surface area contributed by atoms with E-state index in [0.29, 0.717) is 6.42 Å². The van der Waals surface area contributed by atoms with Crippen molar-refractivity contribution in [1.82, 2.24) is 5.32 Å². The second-order valence-corrected chi connectivity index (χ2v) is 19.7. The van der Waals surface area contributed by atoms with Crippen LogP contribution in [0.4, 0.5) is 0 Å². The monoisotopic (exact) mass is 944 g/mol. The number of allylic oxidation sites excluding steroid dienone is 15. The van der Waals surface area contributed by atoms with Crippen LogP contribution in [0.1, 0.15) is 284 Å². The molecule has 0 heterocycles. The Hall–Kier alpha value is -2.69. The van der Waals surface area contributed by atoms with E-state index in [1.165, 1.54) is 193 Å². The van der Waals surface area contributed by atoms with Crippen molar-refractivity contribution < 1.29 is 15.0 Å². The Kier molecular flexibility index (Phi) is 56.3.